The number of amides is 2. The van der Waals surface area contributed by atoms with Crippen LogP contribution in [0.4, 0.5) is 5.69 Å². The van der Waals surface area contributed by atoms with E-state index in [-0.39, 0.29) is 5.57 Å². The van der Waals surface area contributed by atoms with E-state index in [1.54, 1.807) is 42.5 Å². The van der Waals surface area contributed by atoms with Gasteiger partial charge < -0.3 is 5.11 Å². The standard InChI is InChI=1S/C17H12ClNO3/c1-10-3-2-4-13(9-10)19-16(21)14(15(20)17(19)22)11-5-7-12(18)8-6-11/h2-9,20H,1H3. The molecule has 0 aliphatic carbocycles. The lowest BCUT2D eigenvalue weighted by atomic mass is 10.1. The van der Waals surface area contributed by atoms with Gasteiger partial charge in [0.2, 0.25) is 0 Å². The zero-order chi connectivity index (χ0) is 15.9. The van der Waals surface area contributed by atoms with Crippen molar-refractivity contribution in [2.75, 3.05) is 4.90 Å². The summed E-state index contributed by atoms with van der Waals surface area (Å²) in [4.78, 5) is 25.8. The highest BCUT2D eigenvalue weighted by molar-refractivity contribution is 6.45. The van der Waals surface area contributed by atoms with E-state index in [0.29, 0.717) is 16.3 Å². The van der Waals surface area contributed by atoms with Crippen molar-refractivity contribution >= 4 is 34.7 Å². The molecule has 5 heteroatoms. The number of hydrogen-bond acceptors (Lipinski definition) is 3. The highest BCUT2D eigenvalue weighted by Gasteiger charge is 2.40. The molecule has 0 saturated carbocycles. The minimum atomic E-state index is -0.722. The monoisotopic (exact) mass is 313 g/mol. The molecule has 4 nitrogen and oxygen atoms in total. The molecule has 0 atom stereocenters. The van der Waals surface area contributed by atoms with E-state index in [0.717, 1.165) is 10.5 Å². The SMILES string of the molecule is Cc1cccc(N2C(=O)C(O)=C(c3ccc(Cl)cc3)C2=O)c1. The molecule has 0 unspecified atom stereocenters. The van der Waals surface area contributed by atoms with Crippen LogP contribution in [0.3, 0.4) is 0 Å². The average Bonchev–Trinajstić information content (AvgIpc) is 2.71. The summed E-state index contributed by atoms with van der Waals surface area (Å²) < 4.78 is 0. The first-order valence-corrected chi connectivity index (χ1v) is 7.01. The summed E-state index contributed by atoms with van der Waals surface area (Å²) in [5, 5.41) is 10.6. The van der Waals surface area contributed by atoms with E-state index in [9.17, 15) is 14.7 Å². The number of halogens is 1. The average molecular weight is 314 g/mol. The molecular weight excluding hydrogens is 302 g/mol. The number of imide groups is 1. The van der Waals surface area contributed by atoms with Crippen molar-refractivity contribution in [2.24, 2.45) is 0 Å². The molecule has 3 rings (SSSR count). The second kappa shape index (κ2) is 5.31. The number of rotatable bonds is 2. The van der Waals surface area contributed by atoms with Crippen molar-refractivity contribution in [3.8, 4) is 0 Å². The predicted octanol–water partition coefficient (Wildman–Crippen LogP) is 3.49. The number of carbonyl (C=O) groups is 2. The summed E-state index contributed by atoms with van der Waals surface area (Å²) in [6, 6.07) is 13.4. The van der Waals surface area contributed by atoms with Crippen LogP contribution >= 0.6 is 11.6 Å². The molecule has 2 aromatic rings. The Morgan fingerprint density at radius 1 is 1.00 bits per heavy atom. The smallest absolute Gasteiger partial charge is 0.301 e. The minimum absolute atomic E-state index is 0.0110. The third-order valence-electron chi connectivity index (χ3n) is 3.45. The molecule has 22 heavy (non-hydrogen) atoms. The summed E-state index contributed by atoms with van der Waals surface area (Å²) in [7, 11) is 0. The summed E-state index contributed by atoms with van der Waals surface area (Å²) >= 11 is 5.82. The fourth-order valence-electron chi connectivity index (χ4n) is 2.40. The van der Waals surface area contributed by atoms with Gasteiger partial charge in [-0.25, -0.2) is 4.90 Å². The fraction of sp³-hybridized carbons (Fsp3) is 0.0588. The normalized spacial score (nSPS) is 14.9. The van der Waals surface area contributed by atoms with Crippen molar-refractivity contribution in [2.45, 2.75) is 6.92 Å². The van der Waals surface area contributed by atoms with Crippen LogP contribution in [0.1, 0.15) is 11.1 Å². The Hall–Kier alpha value is -2.59. The number of nitrogens with zero attached hydrogens (tertiary/aromatic N) is 1. The molecule has 1 aliphatic rings. The molecule has 1 aliphatic heterocycles. The maximum absolute atomic E-state index is 12.6. The first kappa shape index (κ1) is 14.4. The third kappa shape index (κ3) is 2.27. The van der Waals surface area contributed by atoms with Crippen molar-refractivity contribution in [1.29, 1.82) is 0 Å². The van der Waals surface area contributed by atoms with E-state index >= 15 is 0 Å². The molecule has 0 saturated heterocycles. The Bertz CT molecular complexity index is 809. The van der Waals surface area contributed by atoms with E-state index in [4.69, 9.17) is 11.6 Å². The summed E-state index contributed by atoms with van der Waals surface area (Å²) in [5.74, 6) is -1.81. The Morgan fingerprint density at radius 2 is 1.68 bits per heavy atom. The van der Waals surface area contributed by atoms with Gasteiger partial charge in [0.1, 0.15) is 0 Å². The van der Waals surface area contributed by atoms with Crippen LogP contribution in [-0.2, 0) is 9.59 Å². The quantitative estimate of drug-likeness (QED) is 0.863. The van der Waals surface area contributed by atoms with Gasteiger partial charge in [0.25, 0.3) is 5.91 Å². The summed E-state index contributed by atoms with van der Waals surface area (Å²) in [6.07, 6.45) is 0. The van der Waals surface area contributed by atoms with Gasteiger partial charge in [0, 0.05) is 5.02 Å². The molecule has 0 spiro atoms. The number of aliphatic hydroxyl groups is 1. The number of benzene rings is 2. The van der Waals surface area contributed by atoms with Crippen molar-refractivity contribution in [1.82, 2.24) is 0 Å². The van der Waals surface area contributed by atoms with E-state index in [1.807, 2.05) is 13.0 Å². The van der Waals surface area contributed by atoms with E-state index in [1.165, 1.54) is 0 Å². The number of carbonyl (C=O) groups excluding carboxylic acids is 2. The summed E-state index contributed by atoms with van der Waals surface area (Å²) in [5.41, 5.74) is 1.79. The van der Waals surface area contributed by atoms with Crippen molar-refractivity contribution in [3.63, 3.8) is 0 Å². The fourth-order valence-corrected chi connectivity index (χ4v) is 2.52. The second-order valence-corrected chi connectivity index (χ2v) is 5.45. The first-order valence-electron chi connectivity index (χ1n) is 6.63. The maximum Gasteiger partial charge on any atom is 0.301 e. The minimum Gasteiger partial charge on any atom is -0.502 e. The van der Waals surface area contributed by atoms with Gasteiger partial charge in [0.15, 0.2) is 5.76 Å². The number of aryl methyl sites for hydroxylation is 1. The Kier molecular flexibility index (Phi) is 3.47. The Labute approximate surface area is 132 Å². The van der Waals surface area contributed by atoms with Crippen LogP contribution in [0.5, 0.6) is 0 Å². The van der Waals surface area contributed by atoms with Crippen LogP contribution in [0.2, 0.25) is 5.02 Å². The molecule has 110 valence electrons. The number of anilines is 1. The molecule has 0 fully saturated rings. The highest BCUT2D eigenvalue weighted by Crippen LogP contribution is 2.32. The van der Waals surface area contributed by atoms with Crippen LogP contribution in [-0.4, -0.2) is 16.9 Å². The lowest BCUT2D eigenvalue weighted by molar-refractivity contribution is -0.121. The van der Waals surface area contributed by atoms with E-state index < -0.39 is 17.6 Å². The zero-order valence-electron chi connectivity index (χ0n) is 11.7. The van der Waals surface area contributed by atoms with Gasteiger partial charge in [-0.05, 0) is 42.3 Å². The molecule has 2 amide bonds. The molecule has 1 N–H and O–H groups in total. The van der Waals surface area contributed by atoms with Crippen molar-refractivity contribution < 1.29 is 14.7 Å². The molecule has 0 aromatic heterocycles. The number of aliphatic hydroxyl groups excluding tert-OH is 1. The highest BCUT2D eigenvalue weighted by atomic mass is 35.5. The van der Waals surface area contributed by atoms with Gasteiger partial charge in [0.05, 0.1) is 11.3 Å². The summed E-state index contributed by atoms with van der Waals surface area (Å²) in [6.45, 7) is 1.86. The topological polar surface area (TPSA) is 57.6 Å². The van der Waals surface area contributed by atoms with Gasteiger partial charge in [-0.15, -0.1) is 0 Å². The van der Waals surface area contributed by atoms with Crippen LogP contribution in [0.15, 0.2) is 54.3 Å². The largest absolute Gasteiger partial charge is 0.502 e. The third-order valence-corrected chi connectivity index (χ3v) is 3.70. The lowest BCUT2D eigenvalue weighted by Gasteiger charge is -2.15. The zero-order valence-corrected chi connectivity index (χ0v) is 12.5. The number of hydrogen-bond donors (Lipinski definition) is 1. The van der Waals surface area contributed by atoms with Gasteiger partial charge in [-0.2, -0.15) is 0 Å². The van der Waals surface area contributed by atoms with Gasteiger partial charge >= 0.3 is 5.91 Å². The van der Waals surface area contributed by atoms with Crippen LogP contribution < -0.4 is 4.90 Å². The first-order chi connectivity index (χ1) is 10.5. The van der Waals surface area contributed by atoms with Crippen molar-refractivity contribution in [3.05, 3.63) is 70.4 Å². The molecule has 1 heterocycles. The molecule has 2 aromatic carbocycles. The Morgan fingerprint density at radius 3 is 2.32 bits per heavy atom. The van der Waals surface area contributed by atoms with Gasteiger partial charge in [-0.3, -0.25) is 9.59 Å². The van der Waals surface area contributed by atoms with Crippen LogP contribution in [0, 0.1) is 6.92 Å². The maximum atomic E-state index is 12.6. The predicted molar refractivity (Wildman–Crippen MR) is 84.7 cm³/mol. The molecule has 0 radical (unpaired) electrons. The van der Waals surface area contributed by atoms with Gasteiger partial charge in [-0.1, -0.05) is 35.9 Å². The molecular formula is C17H12ClNO3. The van der Waals surface area contributed by atoms with Crippen LogP contribution in [0.25, 0.3) is 5.57 Å². The Balaban J connectivity index is 2.05. The lowest BCUT2D eigenvalue weighted by Crippen LogP contribution is -2.31. The van der Waals surface area contributed by atoms with E-state index in [2.05, 4.69) is 0 Å². The second-order valence-electron chi connectivity index (χ2n) is 5.02. The molecule has 0 bridgehead atoms.